The third kappa shape index (κ3) is 2.11. The minimum absolute atomic E-state index is 0.381. The van der Waals surface area contributed by atoms with Crippen molar-refractivity contribution in [3.8, 4) is 0 Å². The van der Waals surface area contributed by atoms with Crippen LogP contribution in [-0.4, -0.2) is 15.7 Å². The molecule has 0 unspecified atom stereocenters. The maximum absolute atomic E-state index is 11.7. The molecule has 1 aromatic heterocycles. The van der Waals surface area contributed by atoms with Gasteiger partial charge in [0.25, 0.3) is 0 Å². The zero-order valence-electron chi connectivity index (χ0n) is 8.96. The van der Waals surface area contributed by atoms with Crippen molar-refractivity contribution in [2.75, 3.05) is 0 Å². The van der Waals surface area contributed by atoms with E-state index in [0.29, 0.717) is 5.56 Å². The van der Waals surface area contributed by atoms with E-state index in [2.05, 4.69) is 4.98 Å². The molecule has 0 fully saturated rings. The maximum Gasteiger partial charge on any atom is 0.363 e. The Kier molecular flexibility index (Phi) is 3.00. The van der Waals surface area contributed by atoms with Gasteiger partial charge in [0.05, 0.1) is 11.8 Å². The molecule has 0 saturated heterocycles. The quantitative estimate of drug-likeness (QED) is 0.784. The summed E-state index contributed by atoms with van der Waals surface area (Å²) in [5.74, 6) is 0.345. The number of rotatable bonds is 3. The van der Waals surface area contributed by atoms with Crippen molar-refractivity contribution in [2.24, 2.45) is 0 Å². The van der Waals surface area contributed by atoms with Gasteiger partial charge in [-0.1, -0.05) is 25.1 Å². The first-order valence-corrected chi connectivity index (χ1v) is 5.11. The molecule has 0 aliphatic rings. The number of aryl methyl sites for hydroxylation is 1. The maximum atomic E-state index is 11.7. The minimum atomic E-state index is -0.381. The zero-order valence-corrected chi connectivity index (χ0v) is 8.96. The molecule has 2 aromatic rings. The fourth-order valence-corrected chi connectivity index (χ4v) is 1.37. The van der Waals surface area contributed by atoms with Gasteiger partial charge in [-0.2, -0.15) is 4.73 Å². The lowest BCUT2D eigenvalue weighted by Gasteiger charge is -2.06. The SMILES string of the molecule is CCc1nccn1OC(=O)c1ccccc1. The number of nitrogens with zero attached hydrogens (tertiary/aromatic N) is 2. The number of imidazole rings is 1. The number of carbonyl (C=O) groups is 1. The van der Waals surface area contributed by atoms with E-state index in [0.717, 1.165) is 12.2 Å². The molecular weight excluding hydrogens is 204 g/mol. The van der Waals surface area contributed by atoms with Crippen LogP contribution in [0.4, 0.5) is 0 Å². The van der Waals surface area contributed by atoms with Crippen molar-refractivity contribution in [3.05, 3.63) is 54.1 Å². The Hall–Kier alpha value is -2.10. The monoisotopic (exact) mass is 216 g/mol. The molecule has 2 rings (SSSR count). The van der Waals surface area contributed by atoms with Crippen LogP contribution in [0.5, 0.6) is 0 Å². The van der Waals surface area contributed by atoms with Gasteiger partial charge in [0.15, 0.2) is 0 Å². The van der Waals surface area contributed by atoms with Crippen LogP contribution in [0.15, 0.2) is 42.7 Å². The number of aromatic nitrogens is 2. The molecule has 16 heavy (non-hydrogen) atoms. The summed E-state index contributed by atoms with van der Waals surface area (Å²) in [6, 6.07) is 8.87. The van der Waals surface area contributed by atoms with E-state index in [-0.39, 0.29) is 5.97 Å². The molecule has 0 spiro atoms. The van der Waals surface area contributed by atoms with E-state index in [4.69, 9.17) is 4.84 Å². The van der Waals surface area contributed by atoms with Gasteiger partial charge in [-0.25, -0.2) is 9.78 Å². The predicted octanol–water partition coefficient (Wildman–Crippen LogP) is 1.71. The van der Waals surface area contributed by atoms with Gasteiger partial charge in [-0.3, -0.25) is 0 Å². The van der Waals surface area contributed by atoms with E-state index >= 15 is 0 Å². The Morgan fingerprint density at radius 1 is 1.38 bits per heavy atom. The summed E-state index contributed by atoms with van der Waals surface area (Å²) in [5.41, 5.74) is 0.526. The van der Waals surface area contributed by atoms with E-state index in [9.17, 15) is 4.79 Å². The number of hydrogen-bond acceptors (Lipinski definition) is 3. The fraction of sp³-hybridized carbons (Fsp3) is 0.167. The molecular formula is C12H12N2O2. The van der Waals surface area contributed by atoms with Crippen LogP contribution < -0.4 is 4.84 Å². The van der Waals surface area contributed by atoms with Gasteiger partial charge in [0.2, 0.25) is 0 Å². The topological polar surface area (TPSA) is 44.1 Å². The van der Waals surface area contributed by atoms with Crippen molar-refractivity contribution < 1.29 is 9.63 Å². The molecule has 1 heterocycles. The lowest BCUT2D eigenvalue weighted by atomic mass is 10.2. The van der Waals surface area contributed by atoms with Crippen molar-refractivity contribution >= 4 is 5.97 Å². The van der Waals surface area contributed by atoms with Gasteiger partial charge in [-0.15, -0.1) is 0 Å². The first-order valence-electron chi connectivity index (χ1n) is 5.11. The first-order chi connectivity index (χ1) is 7.81. The van der Waals surface area contributed by atoms with Crippen LogP contribution in [0, 0.1) is 0 Å². The normalized spacial score (nSPS) is 10.1. The average molecular weight is 216 g/mol. The van der Waals surface area contributed by atoms with Gasteiger partial charge >= 0.3 is 5.97 Å². The number of benzene rings is 1. The highest BCUT2D eigenvalue weighted by Gasteiger charge is 2.09. The summed E-state index contributed by atoms with van der Waals surface area (Å²) >= 11 is 0. The molecule has 0 aliphatic heterocycles. The Bertz CT molecular complexity index is 477. The van der Waals surface area contributed by atoms with Gasteiger partial charge in [-0.05, 0) is 12.1 Å². The Morgan fingerprint density at radius 2 is 2.12 bits per heavy atom. The summed E-state index contributed by atoms with van der Waals surface area (Å²) in [6.07, 6.45) is 3.95. The van der Waals surface area contributed by atoms with Crippen LogP contribution in [0.1, 0.15) is 23.1 Å². The van der Waals surface area contributed by atoms with Crippen molar-refractivity contribution in [1.29, 1.82) is 0 Å². The average Bonchev–Trinajstić information content (AvgIpc) is 2.77. The van der Waals surface area contributed by atoms with Crippen molar-refractivity contribution in [1.82, 2.24) is 9.71 Å². The van der Waals surface area contributed by atoms with Crippen LogP contribution in [0.3, 0.4) is 0 Å². The second kappa shape index (κ2) is 4.61. The highest BCUT2D eigenvalue weighted by atomic mass is 16.7. The van der Waals surface area contributed by atoms with Gasteiger partial charge in [0.1, 0.15) is 5.82 Å². The van der Waals surface area contributed by atoms with Gasteiger partial charge in [0, 0.05) is 12.6 Å². The predicted molar refractivity (Wildman–Crippen MR) is 59.0 cm³/mol. The molecule has 0 bridgehead atoms. The second-order valence-electron chi connectivity index (χ2n) is 3.27. The molecule has 0 saturated carbocycles. The molecule has 0 atom stereocenters. The smallest absolute Gasteiger partial charge is 0.330 e. The molecule has 0 aliphatic carbocycles. The number of carbonyl (C=O) groups excluding carboxylic acids is 1. The molecule has 0 amide bonds. The summed E-state index contributed by atoms with van der Waals surface area (Å²) in [4.78, 5) is 21.0. The standard InChI is InChI=1S/C12H12N2O2/c1-2-11-13-8-9-14(11)16-12(15)10-6-4-3-5-7-10/h3-9H,2H2,1H3. The third-order valence-corrected chi connectivity index (χ3v) is 2.19. The minimum Gasteiger partial charge on any atom is -0.330 e. The summed E-state index contributed by atoms with van der Waals surface area (Å²) in [5, 5.41) is 0. The molecule has 4 nitrogen and oxygen atoms in total. The molecule has 0 N–H and O–H groups in total. The number of hydrogen-bond donors (Lipinski definition) is 0. The molecule has 0 radical (unpaired) electrons. The molecule has 1 aromatic carbocycles. The van der Waals surface area contributed by atoms with Crippen molar-refractivity contribution in [2.45, 2.75) is 13.3 Å². The van der Waals surface area contributed by atoms with Crippen LogP contribution in [-0.2, 0) is 6.42 Å². The van der Waals surface area contributed by atoms with E-state index in [1.54, 1.807) is 36.7 Å². The van der Waals surface area contributed by atoms with E-state index < -0.39 is 0 Å². The Morgan fingerprint density at radius 3 is 2.81 bits per heavy atom. The van der Waals surface area contributed by atoms with Crippen LogP contribution in [0.25, 0.3) is 0 Å². The van der Waals surface area contributed by atoms with E-state index in [1.807, 2.05) is 13.0 Å². The Balaban J connectivity index is 2.14. The summed E-state index contributed by atoms with van der Waals surface area (Å²) < 4.78 is 1.40. The fourth-order valence-electron chi connectivity index (χ4n) is 1.37. The Labute approximate surface area is 93.5 Å². The van der Waals surface area contributed by atoms with Crippen LogP contribution >= 0.6 is 0 Å². The van der Waals surface area contributed by atoms with Crippen molar-refractivity contribution in [3.63, 3.8) is 0 Å². The second-order valence-corrected chi connectivity index (χ2v) is 3.27. The van der Waals surface area contributed by atoms with E-state index in [1.165, 1.54) is 4.73 Å². The van der Waals surface area contributed by atoms with Crippen LogP contribution in [0.2, 0.25) is 0 Å². The lowest BCUT2D eigenvalue weighted by molar-refractivity contribution is 0.0446. The highest BCUT2D eigenvalue weighted by molar-refractivity contribution is 5.89. The molecule has 4 heteroatoms. The zero-order chi connectivity index (χ0) is 11.4. The summed E-state index contributed by atoms with van der Waals surface area (Å²) in [6.45, 7) is 1.95. The first kappa shape index (κ1) is 10.4. The third-order valence-electron chi connectivity index (χ3n) is 2.19. The molecule has 82 valence electrons. The highest BCUT2D eigenvalue weighted by Crippen LogP contribution is 2.01. The largest absolute Gasteiger partial charge is 0.363 e. The summed E-state index contributed by atoms with van der Waals surface area (Å²) in [7, 11) is 0. The van der Waals surface area contributed by atoms with Gasteiger partial charge < -0.3 is 4.84 Å². The lowest BCUT2D eigenvalue weighted by Crippen LogP contribution is -2.21.